The predicted molar refractivity (Wildman–Crippen MR) is 50.1 cm³/mol. The Balaban J connectivity index is 2.54. The average Bonchev–Trinajstić information content (AvgIpc) is 2.49. The third-order valence-electron chi connectivity index (χ3n) is 1.77. The molecule has 5 nitrogen and oxygen atoms in total. The predicted octanol–water partition coefficient (Wildman–Crippen LogP) is -0.0466. The zero-order chi connectivity index (χ0) is 9.84. The SMILES string of the molecule is C[C@@H](CN)C(=O)Nc1cnn(C)c1. The highest BCUT2D eigenvalue weighted by molar-refractivity contribution is 5.92. The maximum absolute atomic E-state index is 11.3. The van der Waals surface area contributed by atoms with Crippen LogP contribution in [0.5, 0.6) is 0 Å². The Hall–Kier alpha value is -1.36. The summed E-state index contributed by atoms with van der Waals surface area (Å²) in [6, 6.07) is 0. The smallest absolute Gasteiger partial charge is 0.228 e. The topological polar surface area (TPSA) is 72.9 Å². The van der Waals surface area contributed by atoms with Gasteiger partial charge in [0.15, 0.2) is 0 Å². The minimum absolute atomic E-state index is 0.0736. The zero-order valence-corrected chi connectivity index (χ0v) is 7.82. The van der Waals surface area contributed by atoms with Crippen LogP contribution in [0.15, 0.2) is 12.4 Å². The van der Waals surface area contributed by atoms with Crippen LogP contribution in [-0.4, -0.2) is 22.2 Å². The summed E-state index contributed by atoms with van der Waals surface area (Å²) in [5.74, 6) is -0.240. The van der Waals surface area contributed by atoms with E-state index in [4.69, 9.17) is 5.73 Å². The minimum Gasteiger partial charge on any atom is -0.330 e. The molecular formula is C8H14N4O. The van der Waals surface area contributed by atoms with Crippen LogP contribution in [0, 0.1) is 5.92 Å². The highest BCUT2D eigenvalue weighted by Gasteiger charge is 2.10. The van der Waals surface area contributed by atoms with E-state index in [9.17, 15) is 4.79 Å². The van der Waals surface area contributed by atoms with E-state index in [1.807, 2.05) is 0 Å². The lowest BCUT2D eigenvalue weighted by molar-refractivity contribution is -0.119. The van der Waals surface area contributed by atoms with E-state index in [2.05, 4.69) is 10.4 Å². The largest absolute Gasteiger partial charge is 0.330 e. The molecule has 1 rings (SSSR count). The number of nitrogens with zero attached hydrogens (tertiary/aromatic N) is 2. The highest BCUT2D eigenvalue weighted by atomic mass is 16.1. The second-order valence-electron chi connectivity index (χ2n) is 3.03. The summed E-state index contributed by atoms with van der Waals surface area (Å²) in [6.45, 7) is 2.14. The number of nitrogens with two attached hydrogens (primary N) is 1. The second kappa shape index (κ2) is 4.04. The van der Waals surface area contributed by atoms with Crippen molar-refractivity contribution in [3.63, 3.8) is 0 Å². The molecule has 0 aliphatic heterocycles. The molecule has 0 radical (unpaired) electrons. The summed E-state index contributed by atoms with van der Waals surface area (Å²) in [7, 11) is 1.79. The van der Waals surface area contributed by atoms with Gasteiger partial charge in [-0.25, -0.2) is 0 Å². The Kier molecular flexibility index (Phi) is 3.02. The van der Waals surface area contributed by atoms with Gasteiger partial charge in [-0.15, -0.1) is 0 Å². The Labute approximate surface area is 76.9 Å². The molecule has 1 amide bonds. The van der Waals surface area contributed by atoms with Crippen LogP contribution < -0.4 is 11.1 Å². The standard InChI is InChI=1S/C8H14N4O/c1-6(3-9)8(13)11-7-4-10-12(2)5-7/h4-6H,3,9H2,1-2H3,(H,11,13)/t6-/m0/s1. The lowest BCUT2D eigenvalue weighted by Gasteiger charge is -2.07. The number of amides is 1. The van der Waals surface area contributed by atoms with Gasteiger partial charge in [-0.05, 0) is 0 Å². The normalized spacial score (nSPS) is 12.5. The molecule has 0 spiro atoms. The summed E-state index contributed by atoms with van der Waals surface area (Å²) in [5, 5.41) is 6.64. The summed E-state index contributed by atoms with van der Waals surface area (Å²) < 4.78 is 1.63. The third-order valence-corrected chi connectivity index (χ3v) is 1.77. The van der Waals surface area contributed by atoms with Gasteiger partial charge in [0.05, 0.1) is 11.9 Å². The molecule has 0 fully saturated rings. The second-order valence-corrected chi connectivity index (χ2v) is 3.03. The monoisotopic (exact) mass is 182 g/mol. The van der Waals surface area contributed by atoms with E-state index >= 15 is 0 Å². The van der Waals surface area contributed by atoms with Gasteiger partial charge in [0.1, 0.15) is 0 Å². The maximum atomic E-state index is 11.3. The van der Waals surface area contributed by atoms with Gasteiger partial charge in [0.25, 0.3) is 0 Å². The molecule has 1 heterocycles. The van der Waals surface area contributed by atoms with Crippen molar-refractivity contribution in [2.24, 2.45) is 18.7 Å². The Morgan fingerprint density at radius 2 is 2.54 bits per heavy atom. The van der Waals surface area contributed by atoms with Crippen LogP contribution in [0.1, 0.15) is 6.92 Å². The van der Waals surface area contributed by atoms with Gasteiger partial charge in [-0.2, -0.15) is 5.10 Å². The molecule has 1 atom stereocenters. The van der Waals surface area contributed by atoms with Gasteiger partial charge in [-0.1, -0.05) is 6.92 Å². The summed E-state index contributed by atoms with van der Waals surface area (Å²) in [6.07, 6.45) is 3.34. The minimum atomic E-state index is -0.166. The molecular weight excluding hydrogens is 168 g/mol. The molecule has 5 heteroatoms. The summed E-state index contributed by atoms with van der Waals surface area (Å²) >= 11 is 0. The van der Waals surface area contributed by atoms with E-state index < -0.39 is 0 Å². The number of anilines is 1. The van der Waals surface area contributed by atoms with E-state index in [0.717, 1.165) is 0 Å². The van der Waals surface area contributed by atoms with Crippen molar-refractivity contribution >= 4 is 11.6 Å². The fourth-order valence-electron chi connectivity index (χ4n) is 0.858. The zero-order valence-electron chi connectivity index (χ0n) is 7.82. The van der Waals surface area contributed by atoms with Gasteiger partial charge in [0, 0.05) is 25.7 Å². The van der Waals surface area contributed by atoms with Gasteiger partial charge in [0.2, 0.25) is 5.91 Å². The van der Waals surface area contributed by atoms with Gasteiger partial charge >= 0.3 is 0 Å². The maximum Gasteiger partial charge on any atom is 0.228 e. The molecule has 3 N–H and O–H groups in total. The first-order valence-electron chi connectivity index (χ1n) is 4.13. The molecule has 0 saturated heterocycles. The first-order valence-corrected chi connectivity index (χ1v) is 4.13. The quantitative estimate of drug-likeness (QED) is 0.688. The van der Waals surface area contributed by atoms with Crippen LogP contribution in [0.25, 0.3) is 0 Å². The fraction of sp³-hybridized carbons (Fsp3) is 0.500. The molecule has 0 unspecified atom stereocenters. The van der Waals surface area contributed by atoms with Crippen molar-refractivity contribution in [1.29, 1.82) is 0 Å². The Morgan fingerprint density at radius 3 is 3.00 bits per heavy atom. The molecule has 72 valence electrons. The molecule has 0 aromatic carbocycles. The molecule has 0 bridgehead atoms. The van der Waals surface area contributed by atoms with Crippen molar-refractivity contribution in [2.45, 2.75) is 6.92 Å². The number of aromatic nitrogens is 2. The van der Waals surface area contributed by atoms with Crippen LogP contribution >= 0.6 is 0 Å². The van der Waals surface area contributed by atoms with Crippen molar-refractivity contribution < 1.29 is 4.79 Å². The van der Waals surface area contributed by atoms with Crippen LogP contribution in [-0.2, 0) is 11.8 Å². The molecule has 0 aliphatic carbocycles. The van der Waals surface area contributed by atoms with Gasteiger partial charge in [-0.3, -0.25) is 9.48 Å². The molecule has 0 aliphatic rings. The van der Waals surface area contributed by atoms with Crippen LogP contribution in [0.4, 0.5) is 5.69 Å². The van der Waals surface area contributed by atoms with Crippen molar-refractivity contribution in [3.05, 3.63) is 12.4 Å². The fourth-order valence-corrected chi connectivity index (χ4v) is 0.858. The Bertz CT molecular complexity index is 294. The molecule has 1 aromatic rings. The first kappa shape index (κ1) is 9.73. The van der Waals surface area contributed by atoms with E-state index in [-0.39, 0.29) is 11.8 Å². The number of rotatable bonds is 3. The lowest BCUT2D eigenvalue weighted by Crippen LogP contribution is -2.26. The van der Waals surface area contributed by atoms with Crippen LogP contribution in [0.2, 0.25) is 0 Å². The molecule has 1 aromatic heterocycles. The first-order chi connectivity index (χ1) is 6.13. The van der Waals surface area contributed by atoms with E-state index in [1.165, 1.54) is 0 Å². The van der Waals surface area contributed by atoms with E-state index in [1.54, 1.807) is 31.0 Å². The Morgan fingerprint density at radius 1 is 1.85 bits per heavy atom. The summed E-state index contributed by atoms with van der Waals surface area (Å²) in [5.41, 5.74) is 6.05. The summed E-state index contributed by atoms with van der Waals surface area (Å²) in [4.78, 5) is 11.3. The number of carbonyl (C=O) groups excluding carboxylic acids is 1. The number of hydrogen-bond donors (Lipinski definition) is 2. The highest BCUT2D eigenvalue weighted by Crippen LogP contribution is 2.05. The van der Waals surface area contributed by atoms with Crippen molar-refractivity contribution in [2.75, 3.05) is 11.9 Å². The van der Waals surface area contributed by atoms with Crippen molar-refractivity contribution in [1.82, 2.24) is 9.78 Å². The number of nitrogens with one attached hydrogen (secondary N) is 1. The number of hydrogen-bond acceptors (Lipinski definition) is 3. The van der Waals surface area contributed by atoms with Crippen molar-refractivity contribution in [3.8, 4) is 0 Å². The lowest BCUT2D eigenvalue weighted by atomic mass is 10.2. The molecule has 0 saturated carbocycles. The van der Waals surface area contributed by atoms with Crippen LogP contribution in [0.3, 0.4) is 0 Å². The van der Waals surface area contributed by atoms with E-state index in [0.29, 0.717) is 12.2 Å². The molecule has 13 heavy (non-hydrogen) atoms. The number of aryl methyl sites for hydroxylation is 1. The average molecular weight is 182 g/mol. The van der Waals surface area contributed by atoms with Gasteiger partial charge < -0.3 is 11.1 Å². The third kappa shape index (κ3) is 2.55. The number of carbonyl (C=O) groups is 1.